The normalized spacial score (nSPS) is 11.5. The van der Waals surface area contributed by atoms with Crippen molar-refractivity contribution >= 4 is 39.4 Å². The Morgan fingerprint density at radius 1 is 1.03 bits per heavy atom. The Hall–Kier alpha value is -3.16. The van der Waals surface area contributed by atoms with Gasteiger partial charge in [-0.1, -0.05) is 54.1 Å². The summed E-state index contributed by atoms with van der Waals surface area (Å²) in [5, 5.41) is 4.47. The first-order valence-electron chi connectivity index (χ1n) is 9.50. The van der Waals surface area contributed by atoms with E-state index in [1.165, 1.54) is 18.3 Å². The minimum atomic E-state index is -3.97. The zero-order valence-electron chi connectivity index (χ0n) is 17.1. The number of halogens is 1. The van der Waals surface area contributed by atoms with Crippen LogP contribution in [-0.4, -0.2) is 27.1 Å². The summed E-state index contributed by atoms with van der Waals surface area (Å²) in [6.45, 7) is 3.25. The second kappa shape index (κ2) is 9.76. The first-order valence-corrected chi connectivity index (χ1v) is 11.3. The average molecular weight is 456 g/mol. The van der Waals surface area contributed by atoms with Crippen LogP contribution in [0.4, 0.5) is 5.69 Å². The van der Waals surface area contributed by atoms with Crippen LogP contribution in [-0.2, 0) is 14.8 Å². The zero-order valence-corrected chi connectivity index (χ0v) is 18.7. The Morgan fingerprint density at radius 2 is 1.77 bits per heavy atom. The average Bonchev–Trinajstić information content (AvgIpc) is 2.74. The molecule has 1 amide bonds. The third-order valence-electron chi connectivity index (χ3n) is 4.50. The van der Waals surface area contributed by atoms with Gasteiger partial charge in [0, 0.05) is 5.02 Å². The van der Waals surface area contributed by atoms with Crippen molar-refractivity contribution in [3.05, 3.63) is 94.5 Å². The molecule has 0 spiro atoms. The van der Waals surface area contributed by atoms with Crippen molar-refractivity contribution in [3.8, 4) is 0 Å². The van der Waals surface area contributed by atoms with Crippen LogP contribution in [0.15, 0.2) is 82.8 Å². The largest absolute Gasteiger partial charge is 0.271 e. The molecular formula is C23H22ClN3O3S. The molecule has 0 saturated carbocycles. The van der Waals surface area contributed by atoms with Crippen molar-refractivity contribution in [2.24, 2.45) is 5.10 Å². The molecule has 160 valence electrons. The summed E-state index contributed by atoms with van der Waals surface area (Å²) in [5.74, 6) is -0.571. The summed E-state index contributed by atoms with van der Waals surface area (Å²) in [6, 6.07) is 20.5. The van der Waals surface area contributed by atoms with Gasteiger partial charge in [-0.3, -0.25) is 9.10 Å². The van der Waals surface area contributed by atoms with E-state index in [9.17, 15) is 13.2 Å². The summed E-state index contributed by atoms with van der Waals surface area (Å²) in [4.78, 5) is 12.7. The molecule has 3 aromatic rings. The maximum absolute atomic E-state index is 13.4. The van der Waals surface area contributed by atoms with Crippen LogP contribution in [0.5, 0.6) is 0 Å². The van der Waals surface area contributed by atoms with Gasteiger partial charge in [0.2, 0.25) is 0 Å². The van der Waals surface area contributed by atoms with Gasteiger partial charge < -0.3 is 0 Å². The molecule has 8 heteroatoms. The molecule has 0 aliphatic rings. The smallest absolute Gasteiger partial charge is 0.264 e. The van der Waals surface area contributed by atoms with Crippen LogP contribution in [0.2, 0.25) is 5.02 Å². The number of hydrogen-bond donors (Lipinski definition) is 1. The van der Waals surface area contributed by atoms with Crippen LogP contribution in [0.25, 0.3) is 0 Å². The van der Waals surface area contributed by atoms with E-state index < -0.39 is 22.5 Å². The number of hydrogen-bond acceptors (Lipinski definition) is 4. The lowest BCUT2D eigenvalue weighted by Crippen LogP contribution is -2.40. The standard InChI is InChI=1S/C23H22ClN3O3S/c1-17-11-12-18(2)22(13-17)27(31(29,30)21-9-4-3-5-10-21)16-23(28)26-25-15-19-7-6-8-20(24)14-19/h3-15H,16H2,1-2H3,(H,26,28)/b25-15-. The van der Waals surface area contributed by atoms with Gasteiger partial charge in [-0.05, 0) is 60.9 Å². The lowest BCUT2D eigenvalue weighted by Gasteiger charge is -2.25. The molecule has 0 aromatic heterocycles. The number of benzene rings is 3. The molecule has 0 radical (unpaired) electrons. The maximum atomic E-state index is 13.4. The number of rotatable bonds is 7. The predicted octanol–water partition coefficient (Wildman–Crippen LogP) is 4.30. The fraction of sp³-hybridized carbons (Fsp3) is 0.130. The Kier molecular flexibility index (Phi) is 7.09. The van der Waals surface area contributed by atoms with Crippen LogP contribution in [0.3, 0.4) is 0 Å². The van der Waals surface area contributed by atoms with Gasteiger partial charge in [0.1, 0.15) is 6.54 Å². The maximum Gasteiger partial charge on any atom is 0.264 e. The molecule has 0 unspecified atom stereocenters. The molecule has 0 aliphatic carbocycles. The van der Waals surface area contributed by atoms with E-state index in [1.54, 1.807) is 55.5 Å². The molecule has 0 atom stereocenters. The topological polar surface area (TPSA) is 78.8 Å². The summed E-state index contributed by atoms with van der Waals surface area (Å²) in [5.41, 5.74) is 5.16. The van der Waals surface area contributed by atoms with E-state index in [1.807, 2.05) is 19.1 Å². The number of sulfonamides is 1. The fourth-order valence-electron chi connectivity index (χ4n) is 2.94. The van der Waals surface area contributed by atoms with Gasteiger partial charge >= 0.3 is 0 Å². The van der Waals surface area contributed by atoms with E-state index in [4.69, 9.17) is 11.6 Å². The molecule has 0 fully saturated rings. The number of nitrogens with zero attached hydrogens (tertiary/aromatic N) is 2. The Bertz CT molecular complexity index is 1210. The van der Waals surface area contributed by atoms with Gasteiger partial charge in [-0.15, -0.1) is 0 Å². The zero-order chi connectivity index (χ0) is 22.4. The van der Waals surface area contributed by atoms with Gasteiger partial charge in [-0.25, -0.2) is 13.8 Å². The van der Waals surface area contributed by atoms with Gasteiger partial charge in [0.15, 0.2) is 0 Å². The van der Waals surface area contributed by atoms with Crippen LogP contribution >= 0.6 is 11.6 Å². The van der Waals surface area contributed by atoms with Gasteiger partial charge in [0.25, 0.3) is 15.9 Å². The van der Waals surface area contributed by atoms with Crippen molar-refractivity contribution in [1.82, 2.24) is 5.43 Å². The minimum absolute atomic E-state index is 0.103. The monoisotopic (exact) mass is 455 g/mol. The van der Waals surface area contributed by atoms with E-state index in [2.05, 4.69) is 10.5 Å². The number of amides is 1. The molecule has 0 bridgehead atoms. The third kappa shape index (κ3) is 5.71. The van der Waals surface area contributed by atoms with Crippen molar-refractivity contribution < 1.29 is 13.2 Å². The predicted molar refractivity (Wildman–Crippen MR) is 124 cm³/mol. The summed E-state index contributed by atoms with van der Waals surface area (Å²) in [6.07, 6.45) is 1.44. The molecule has 0 aliphatic heterocycles. The van der Waals surface area contributed by atoms with Crippen molar-refractivity contribution in [2.75, 3.05) is 10.8 Å². The highest BCUT2D eigenvalue weighted by atomic mass is 35.5. The lowest BCUT2D eigenvalue weighted by atomic mass is 10.1. The Balaban J connectivity index is 1.88. The Labute approximate surface area is 187 Å². The highest BCUT2D eigenvalue weighted by molar-refractivity contribution is 7.92. The number of nitrogens with one attached hydrogen (secondary N) is 1. The second-order valence-corrected chi connectivity index (χ2v) is 9.26. The van der Waals surface area contributed by atoms with Crippen molar-refractivity contribution in [2.45, 2.75) is 18.7 Å². The summed E-state index contributed by atoms with van der Waals surface area (Å²) < 4.78 is 27.8. The second-order valence-electron chi connectivity index (χ2n) is 6.96. The number of hydrazone groups is 1. The highest BCUT2D eigenvalue weighted by Crippen LogP contribution is 2.27. The number of carbonyl (C=O) groups excluding carboxylic acids is 1. The summed E-state index contributed by atoms with van der Waals surface area (Å²) >= 11 is 5.94. The SMILES string of the molecule is Cc1ccc(C)c(N(CC(=O)N/N=C\c2cccc(Cl)c2)S(=O)(=O)c2ccccc2)c1. The minimum Gasteiger partial charge on any atom is -0.271 e. The molecule has 31 heavy (non-hydrogen) atoms. The highest BCUT2D eigenvalue weighted by Gasteiger charge is 2.28. The van der Waals surface area contributed by atoms with Gasteiger partial charge in [0.05, 0.1) is 16.8 Å². The van der Waals surface area contributed by atoms with Crippen LogP contribution < -0.4 is 9.73 Å². The molecule has 6 nitrogen and oxygen atoms in total. The molecule has 0 heterocycles. The first kappa shape index (κ1) is 22.5. The first-order chi connectivity index (χ1) is 14.8. The molecular weight excluding hydrogens is 434 g/mol. The lowest BCUT2D eigenvalue weighted by molar-refractivity contribution is -0.119. The summed E-state index contributed by atoms with van der Waals surface area (Å²) in [7, 11) is -3.97. The van der Waals surface area contributed by atoms with E-state index >= 15 is 0 Å². The van der Waals surface area contributed by atoms with Crippen molar-refractivity contribution in [3.63, 3.8) is 0 Å². The van der Waals surface area contributed by atoms with Crippen LogP contribution in [0, 0.1) is 13.8 Å². The van der Waals surface area contributed by atoms with Gasteiger partial charge in [-0.2, -0.15) is 5.10 Å². The van der Waals surface area contributed by atoms with E-state index in [0.717, 1.165) is 15.4 Å². The molecule has 0 saturated heterocycles. The fourth-order valence-corrected chi connectivity index (χ4v) is 4.64. The molecule has 3 rings (SSSR count). The third-order valence-corrected chi connectivity index (χ3v) is 6.51. The van der Waals surface area contributed by atoms with E-state index in [0.29, 0.717) is 16.3 Å². The quantitative estimate of drug-likeness (QED) is 0.426. The van der Waals surface area contributed by atoms with E-state index in [-0.39, 0.29) is 4.90 Å². The Morgan fingerprint density at radius 3 is 2.48 bits per heavy atom. The molecule has 3 aromatic carbocycles. The number of aryl methyl sites for hydroxylation is 2. The van der Waals surface area contributed by atoms with Crippen molar-refractivity contribution in [1.29, 1.82) is 0 Å². The van der Waals surface area contributed by atoms with Crippen LogP contribution in [0.1, 0.15) is 16.7 Å². The molecule has 1 N–H and O–H groups in total. The number of carbonyl (C=O) groups is 1. The number of anilines is 1.